The van der Waals surface area contributed by atoms with Crippen molar-refractivity contribution < 1.29 is 4.79 Å². The third-order valence-corrected chi connectivity index (χ3v) is 5.37. The number of hydrogen-bond acceptors (Lipinski definition) is 4. The second-order valence-electron chi connectivity index (χ2n) is 7.51. The van der Waals surface area contributed by atoms with Crippen molar-refractivity contribution in [3.63, 3.8) is 0 Å². The number of amides is 1. The summed E-state index contributed by atoms with van der Waals surface area (Å²) >= 11 is 0. The molecular weight excluding hydrogens is 366 g/mol. The highest BCUT2D eigenvalue weighted by Gasteiger charge is 2.19. The molecule has 1 atom stereocenters. The fraction of sp³-hybridized carbons (Fsp3) is 0.318. The summed E-state index contributed by atoms with van der Waals surface area (Å²) in [4.78, 5) is 33.1. The number of benzene rings is 1. The van der Waals surface area contributed by atoms with E-state index >= 15 is 0 Å². The molecule has 150 valence electrons. The van der Waals surface area contributed by atoms with Gasteiger partial charge in [0.2, 0.25) is 0 Å². The van der Waals surface area contributed by atoms with Crippen molar-refractivity contribution in [2.45, 2.75) is 26.3 Å². The number of nitrogens with one attached hydrogen (secondary N) is 3. The molecule has 0 bridgehead atoms. The third kappa shape index (κ3) is 4.30. The van der Waals surface area contributed by atoms with E-state index in [1.807, 2.05) is 18.2 Å². The first-order chi connectivity index (χ1) is 14.1. The number of carbonyl (C=O) groups excluding carboxylic acids is 1. The molecule has 1 amide bonds. The Morgan fingerprint density at radius 2 is 2.10 bits per heavy atom. The Morgan fingerprint density at radius 3 is 2.79 bits per heavy atom. The molecule has 7 nitrogen and oxygen atoms in total. The number of piperidine rings is 1. The Bertz CT molecular complexity index is 1030. The first kappa shape index (κ1) is 19.1. The molecule has 2 aromatic heterocycles. The average Bonchev–Trinajstić information content (AvgIpc) is 3.26. The second kappa shape index (κ2) is 8.45. The third-order valence-electron chi connectivity index (χ3n) is 5.37. The predicted molar refractivity (Wildman–Crippen MR) is 113 cm³/mol. The van der Waals surface area contributed by atoms with Crippen LogP contribution in [0.4, 0.5) is 5.69 Å². The van der Waals surface area contributed by atoms with E-state index in [-0.39, 0.29) is 17.0 Å². The molecule has 0 spiro atoms. The number of H-pyrrole nitrogens is 1. The monoisotopic (exact) mass is 391 g/mol. The maximum absolute atomic E-state index is 13.0. The van der Waals surface area contributed by atoms with E-state index in [1.54, 1.807) is 42.2 Å². The van der Waals surface area contributed by atoms with Gasteiger partial charge < -0.3 is 20.2 Å². The lowest BCUT2D eigenvalue weighted by Crippen LogP contribution is -2.36. The Labute approximate surface area is 169 Å². The Kier molecular flexibility index (Phi) is 5.57. The van der Waals surface area contributed by atoms with Crippen LogP contribution < -0.4 is 16.2 Å². The molecule has 4 rings (SSSR count). The maximum Gasteiger partial charge on any atom is 0.263 e. The van der Waals surface area contributed by atoms with Crippen LogP contribution >= 0.6 is 0 Å². The number of aryl methyl sites for hydroxylation is 1. The highest BCUT2D eigenvalue weighted by atomic mass is 16.2. The van der Waals surface area contributed by atoms with Crippen LogP contribution in [0.3, 0.4) is 0 Å². The molecule has 0 aliphatic carbocycles. The van der Waals surface area contributed by atoms with Crippen LogP contribution in [0.15, 0.2) is 53.7 Å². The van der Waals surface area contributed by atoms with E-state index in [0.717, 1.165) is 37.3 Å². The van der Waals surface area contributed by atoms with Gasteiger partial charge in [0, 0.05) is 36.4 Å². The number of nitrogens with zero attached hydrogens (tertiary/aromatic N) is 2. The van der Waals surface area contributed by atoms with E-state index in [1.165, 1.54) is 0 Å². The first-order valence-electron chi connectivity index (χ1n) is 9.94. The average molecular weight is 391 g/mol. The molecule has 0 saturated carbocycles. The summed E-state index contributed by atoms with van der Waals surface area (Å²) in [6, 6.07) is 9.20. The molecule has 1 saturated heterocycles. The van der Waals surface area contributed by atoms with Gasteiger partial charge in [0.25, 0.3) is 11.5 Å². The standard InChI is InChI=1S/C22H25N5O2/c1-15-8-12-27(14-16-3-2-9-23-13-16)22(29)19(15)21(28)26-18-6-4-17(5-7-18)20-24-10-11-25-20/h4-8,10-12,16,23H,2-3,9,13-14H2,1H3,(H,24,25)(H,26,28). The molecule has 7 heteroatoms. The van der Waals surface area contributed by atoms with Crippen molar-refractivity contribution in [1.82, 2.24) is 19.9 Å². The van der Waals surface area contributed by atoms with Gasteiger partial charge in [-0.3, -0.25) is 9.59 Å². The second-order valence-corrected chi connectivity index (χ2v) is 7.51. The summed E-state index contributed by atoms with van der Waals surface area (Å²) in [6.07, 6.45) is 7.46. The maximum atomic E-state index is 13.0. The van der Waals surface area contributed by atoms with Crippen molar-refractivity contribution in [1.29, 1.82) is 0 Å². The van der Waals surface area contributed by atoms with E-state index < -0.39 is 0 Å². The van der Waals surface area contributed by atoms with Crippen molar-refractivity contribution >= 4 is 11.6 Å². The van der Waals surface area contributed by atoms with Crippen LogP contribution in [0.25, 0.3) is 11.4 Å². The summed E-state index contributed by atoms with van der Waals surface area (Å²) in [5.41, 5.74) is 2.20. The molecular formula is C22H25N5O2. The fourth-order valence-electron chi connectivity index (χ4n) is 3.77. The topological polar surface area (TPSA) is 91.8 Å². The molecule has 1 aliphatic rings. The number of hydrogen-bond donors (Lipinski definition) is 3. The molecule has 1 aromatic carbocycles. The van der Waals surface area contributed by atoms with Crippen molar-refractivity contribution in [2.75, 3.05) is 18.4 Å². The number of aromatic nitrogens is 3. The molecule has 3 N–H and O–H groups in total. The van der Waals surface area contributed by atoms with Crippen molar-refractivity contribution in [3.8, 4) is 11.4 Å². The minimum Gasteiger partial charge on any atom is -0.345 e. The minimum absolute atomic E-state index is 0.200. The zero-order valence-corrected chi connectivity index (χ0v) is 16.4. The lowest BCUT2D eigenvalue weighted by atomic mass is 9.99. The summed E-state index contributed by atoms with van der Waals surface area (Å²) < 4.78 is 1.67. The number of imidazole rings is 1. The largest absolute Gasteiger partial charge is 0.345 e. The normalized spacial score (nSPS) is 16.5. The van der Waals surface area contributed by atoms with Gasteiger partial charge >= 0.3 is 0 Å². The quantitative estimate of drug-likeness (QED) is 0.624. The molecule has 3 heterocycles. The van der Waals surface area contributed by atoms with E-state index in [2.05, 4.69) is 20.6 Å². The highest BCUT2D eigenvalue weighted by Crippen LogP contribution is 2.18. The zero-order valence-electron chi connectivity index (χ0n) is 16.4. The smallest absolute Gasteiger partial charge is 0.263 e. The molecule has 3 aromatic rings. The Balaban J connectivity index is 1.52. The van der Waals surface area contributed by atoms with Crippen molar-refractivity contribution in [2.24, 2.45) is 5.92 Å². The molecule has 1 fully saturated rings. The number of anilines is 1. The predicted octanol–water partition coefficient (Wildman–Crippen LogP) is 2.80. The van der Waals surface area contributed by atoms with Crippen LogP contribution in [0.2, 0.25) is 0 Å². The van der Waals surface area contributed by atoms with Gasteiger partial charge in [-0.2, -0.15) is 0 Å². The summed E-state index contributed by atoms with van der Waals surface area (Å²) in [5.74, 6) is 0.797. The summed E-state index contributed by atoms with van der Waals surface area (Å²) in [5, 5.41) is 6.22. The summed E-state index contributed by atoms with van der Waals surface area (Å²) in [6.45, 7) is 4.36. The number of aromatic amines is 1. The first-order valence-corrected chi connectivity index (χ1v) is 9.94. The van der Waals surface area contributed by atoms with E-state index in [9.17, 15) is 9.59 Å². The highest BCUT2D eigenvalue weighted by molar-refractivity contribution is 6.05. The van der Waals surface area contributed by atoms with Crippen LogP contribution in [-0.2, 0) is 6.54 Å². The van der Waals surface area contributed by atoms with Gasteiger partial charge in [-0.05, 0) is 74.7 Å². The summed E-state index contributed by atoms with van der Waals surface area (Å²) in [7, 11) is 0. The van der Waals surface area contributed by atoms with E-state index in [0.29, 0.717) is 23.7 Å². The van der Waals surface area contributed by atoms with Gasteiger partial charge in [-0.25, -0.2) is 4.98 Å². The molecule has 0 radical (unpaired) electrons. The molecule has 1 unspecified atom stereocenters. The van der Waals surface area contributed by atoms with Crippen LogP contribution in [0.5, 0.6) is 0 Å². The van der Waals surface area contributed by atoms with Gasteiger partial charge in [-0.15, -0.1) is 0 Å². The van der Waals surface area contributed by atoms with Gasteiger partial charge in [0.05, 0.1) is 0 Å². The number of pyridine rings is 1. The van der Waals surface area contributed by atoms with E-state index in [4.69, 9.17) is 0 Å². The van der Waals surface area contributed by atoms with Crippen molar-refractivity contribution in [3.05, 3.63) is 70.4 Å². The Hall–Kier alpha value is -3.19. The van der Waals surface area contributed by atoms with Gasteiger partial charge in [-0.1, -0.05) is 0 Å². The Morgan fingerprint density at radius 1 is 1.28 bits per heavy atom. The van der Waals surface area contributed by atoms with Crippen LogP contribution in [-0.4, -0.2) is 33.5 Å². The zero-order chi connectivity index (χ0) is 20.2. The van der Waals surface area contributed by atoms with Gasteiger partial charge in [0.1, 0.15) is 11.4 Å². The molecule has 29 heavy (non-hydrogen) atoms. The number of rotatable bonds is 5. The van der Waals surface area contributed by atoms with Gasteiger partial charge in [0.15, 0.2) is 0 Å². The minimum atomic E-state index is -0.380. The van der Waals surface area contributed by atoms with Crippen LogP contribution in [0.1, 0.15) is 28.8 Å². The fourth-order valence-corrected chi connectivity index (χ4v) is 3.77. The number of carbonyl (C=O) groups is 1. The van der Waals surface area contributed by atoms with Crippen LogP contribution in [0, 0.1) is 12.8 Å². The molecule has 1 aliphatic heterocycles. The SMILES string of the molecule is Cc1ccn(CC2CCCNC2)c(=O)c1C(=O)Nc1ccc(-c2ncc[nH]2)cc1. The lowest BCUT2D eigenvalue weighted by molar-refractivity contribution is 0.102. The lowest BCUT2D eigenvalue weighted by Gasteiger charge is -2.23.